The highest BCUT2D eigenvalue weighted by atomic mass is 35.5. The van der Waals surface area contributed by atoms with Gasteiger partial charge in [-0.05, 0) is 68.1 Å². The van der Waals surface area contributed by atoms with E-state index in [2.05, 4.69) is 4.90 Å². The van der Waals surface area contributed by atoms with Gasteiger partial charge in [-0.2, -0.15) is 0 Å². The van der Waals surface area contributed by atoms with E-state index in [1.165, 1.54) is 31.4 Å². The fourth-order valence-electron chi connectivity index (χ4n) is 4.78. The van der Waals surface area contributed by atoms with Crippen molar-refractivity contribution in [1.82, 2.24) is 4.90 Å². The van der Waals surface area contributed by atoms with Crippen molar-refractivity contribution in [3.63, 3.8) is 0 Å². The SMILES string of the molecule is Cl.NC1C2CCCC1CC(C(=O)N(Cc1ccc(F)cc1)C1CC1)C2. The van der Waals surface area contributed by atoms with E-state index in [1.54, 1.807) is 12.1 Å². The summed E-state index contributed by atoms with van der Waals surface area (Å²) in [5, 5.41) is 0. The second-order valence-corrected chi connectivity index (χ2v) is 8.02. The molecular formula is C20H28ClFN2O. The minimum absolute atomic E-state index is 0. The summed E-state index contributed by atoms with van der Waals surface area (Å²) in [5.41, 5.74) is 7.39. The van der Waals surface area contributed by atoms with Gasteiger partial charge < -0.3 is 10.6 Å². The Morgan fingerprint density at radius 3 is 2.24 bits per heavy atom. The van der Waals surface area contributed by atoms with Gasteiger partial charge in [-0.25, -0.2) is 4.39 Å². The van der Waals surface area contributed by atoms with Crippen molar-refractivity contribution in [2.24, 2.45) is 23.5 Å². The highest BCUT2D eigenvalue weighted by Gasteiger charge is 2.43. The first-order valence-corrected chi connectivity index (χ1v) is 9.42. The highest BCUT2D eigenvalue weighted by Crippen LogP contribution is 2.43. The van der Waals surface area contributed by atoms with Gasteiger partial charge in [0.1, 0.15) is 5.82 Å². The molecule has 3 aliphatic carbocycles. The molecule has 3 saturated carbocycles. The average Bonchev–Trinajstić information content (AvgIpc) is 3.38. The highest BCUT2D eigenvalue weighted by molar-refractivity contribution is 5.85. The van der Waals surface area contributed by atoms with E-state index in [-0.39, 0.29) is 24.1 Å². The Balaban J connectivity index is 0.00000182. The first-order chi connectivity index (χ1) is 11.6. The number of carbonyl (C=O) groups excluding carboxylic acids is 1. The molecule has 1 aromatic rings. The molecule has 3 fully saturated rings. The van der Waals surface area contributed by atoms with Crippen molar-refractivity contribution in [3.05, 3.63) is 35.6 Å². The molecule has 0 aromatic heterocycles. The van der Waals surface area contributed by atoms with Crippen molar-refractivity contribution < 1.29 is 9.18 Å². The van der Waals surface area contributed by atoms with Gasteiger partial charge in [-0.1, -0.05) is 18.6 Å². The minimum Gasteiger partial charge on any atom is -0.335 e. The molecule has 2 bridgehead atoms. The molecule has 0 aliphatic heterocycles. The smallest absolute Gasteiger partial charge is 0.226 e. The van der Waals surface area contributed by atoms with Crippen LogP contribution in [0.5, 0.6) is 0 Å². The zero-order chi connectivity index (χ0) is 16.7. The van der Waals surface area contributed by atoms with Gasteiger partial charge in [0.15, 0.2) is 0 Å². The van der Waals surface area contributed by atoms with Crippen LogP contribution >= 0.6 is 12.4 Å². The largest absolute Gasteiger partial charge is 0.335 e. The van der Waals surface area contributed by atoms with Crippen molar-refractivity contribution in [1.29, 1.82) is 0 Å². The van der Waals surface area contributed by atoms with Crippen LogP contribution in [0.2, 0.25) is 0 Å². The van der Waals surface area contributed by atoms with Gasteiger partial charge in [0, 0.05) is 24.5 Å². The van der Waals surface area contributed by atoms with Crippen LogP contribution in [0.3, 0.4) is 0 Å². The molecular weight excluding hydrogens is 339 g/mol. The summed E-state index contributed by atoms with van der Waals surface area (Å²) >= 11 is 0. The summed E-state index contributed by atoms with van der Waals surface area (Å²) in [6, 6.07) is 7.24. The van der Waals surface area contributed by atoms with Gasteiger partial charge in [0.2, 0.25) is 5.91 Å². The average molecular weight is 367 g/mol. The minimum atomic E-state index is -0.225. The summed E-state index contributed by atoms with van der Waals surface area (Å²) in [4.78, 5) is 15.3. The molecule has 4 rings (SSSR count). The van der Waals surface area contributed by atoms with E-state index in [4.69, 9.17) is 5.73 Å². The summed E-state index contributed by atoms with van der Waals surface area (Å²) in [6.07, 6.45) is 7.77. The number of benzene rings is 1. The molecule has 0 saturated heterocycles. The fourth-order valence-corrected chi connectivity index (χ4v) is 4.78. The molecule has 138 valence electrons. The van der Waals surface area contributed by atoms with E-state index in [0.717, 1.165) is 31.2 Å². The van der Waals surface area contributed by atoms with Crippen molar-refractivity contribution in [2.45, 2.75) is 63.6 Å². The quantitative estimate of drug-likeness (QED) is 0.878. The van der Waals surface area contributed by atoms with Crippen LogP contribution in [0, 0.1) is 23.6 Å². The monoisotopic (exact) mass is 366 g/mol. The van der Waals surface area contributed by atoms with Crippen LogP contribution in [0.15, 0.2) is 24.3 Å². The Morgan fingerprint density at radius 2 is 1.68 bits per heavy atom. The van der Waals surface area contributed by atoms with E-state index in [0.29, 0.717) is 36.4 Å². The third-order valence-corrected chi connectivity index (χ3v) is 6.30. The van der Waals surface area contributed by atoms with E-state index in [9.17, 15) is 9.18 Å². The summed E-state index contributed by atoms with van der Waals surface area (Å²) in [5.74, 6) is 1.28. The maximum Gasteiger partial charge on any atom is 0.226 e. The number of amides is 1. The standard InChI is InChI=1S/C20H27FN2O.ClH/c21-17-6-4-13(5-7-17)12-23(18-8-9-18)20(24)16-10-14-2-1-3-15(11-16)19(14)22;/h4-7,14-16,18-19H,1-3,8-12,22H2;1H. The van der Waals surface area contributed by atoms with Gasteiger partial charge in [-0.3, -0.25) is 4.79 Å². The molecule has 5 heteroatoms. The number of carbonyl (C=O) groups is 1. The molecule has 1 aromatic carbocycles. The Morgan fingerprint density at radius 1 is 1.08 bits per heavy atom. The second kappa shape index (κ2) is 7.63. The molecule has 3 nitrogen and oxygen atoms in total. The Kier molecular flexibility index (Phi) is 5.69. The number of halogens is 2. The summed E-state index contributed by atoms with van der Waals surface area (Å²) < 4.78 is 13.1. The van der Waals surface area contributed by atoms with Crippen molar-refractivity contribution >= 4 is 18.3 Å². The van der Waals surface area contributed by atoms with Crippen LogP contribution < -0.4 is 5.73 Å². The number of hydrogen-bond donors (Lipinski definition) is 1. The first kappa shape index (κ1) is 18.7. The van der Waals surface area contributed by atoms with Crippen LogP contribution in [0.1, 0.15) is 50.5 Å². The molecule has 0 heterocycles. The number of fused-ring (bicyclic) bond motifs is 2. The molecule has 25 heavy (non-hydrogen) atoms. The Bertz CT molecular complexity index is 590. The third-order valence-electron chi connectivity index (χ3n) is 6.30. The normalized spacial score (nSPS) is 31.1. The Hall–Kier alpha value is -1.13. The summed E-state index contributed by atoms with van der Waals surface area (Å²) in [7, 11) is 0. The molecule has 2 atom stereocenters. The van der Waals surface area contributed by atoms with Gasteiger partial charge in [-0.15, -0.1) is 12.4 Å². The number of nitrogens with zero attached hydrogens (tertiary/aromatic N) is 1. The number of nitrogens with two attached hydrogens (primary N) is 1. The van der Waals surface area contributed by atoms with Crippen LogP contribution in [0.4, 0.5) is 4.39 Å². The molecule has 2 unspecified atom stereocenters. The maximum atomic E-state index is 13.2. The molecule has 1 amide bonds. The summed E-state index contributed by atoms with van der Waals surface area (Å²) in [6.45, 7) is 0.613. The lowest BCUT2D eigenvalue weighted by Crippen LogP contribution is -2.50. The van der Waals surface area contributed by atoms with Crippen LogP contribution in [-0.2, 0) is 11.3 Å². The molecule has 0 radical (unpaired) electrons. The van der Waals surface area contributed by atoms with Gasteiger partial charge >= 0.3 is 0 Å². The maximum absolute atomic E-state index is 13.2. The third kappa shape index (κ3) is 4.01. The second-order valence-electron chi connectivity index (χ2n) is 8.02. The number of hydrogen-bond acceptors (Lipinski definition) is 2. The van der Waals surface area contributed by atoms with E-state index < -0.39 is 0 Å². The van der Waals surface area contributed by atoms with Gasteiger partial charge in [0.05, 0.1) is 0 Å². The molecule has 2 N–H and O–H groups in total. The zero-order valence-electron chi connectivity index (χ0n) is 14.6. The zero-order valence-corrected chi connectivity index (χ0v) is 15.4. The molecule has 0 spiro atoms. The van der Waals surface area contributed by atoms with Crippen molar-refractivity contribution in [3.8, 4) is 0 Å². The lowest BCUT2D eigenvalue weighted by molar-refractivity contribution is -0.140. The first-order valence-electron chi connectivity index (χ1n) is 9.42. The van der Waals surface area contributed by atoms with E-state index >= 15 is 0 Å². The lowest BCUT2D eigenvalue weighted by Gasteiger charge is -2.44. The predicted molar refractivity (Wildman–Crippen MR) is 98.8 cm³/mol. The predicted octanol–water partition coefficient (Wildman–Crippen LogP) is 3.89. The van der Waals surface area contributed by atoms with Gasteiger partial charge in [0.25, 0.3) is 0 Å². The van der Waals surface area contributed by atoms with Crippen molar-refractivity contribution in [2.75, 3.05) is 0 Å². The lowest BCUT2D eigenvalue weighted by atomic mass is 9.65. The molecule has 3 aliphatic rings. The van der Waals surface area contributed by atoms with Crippen LogP contribution in [0.25, 0.3) is 0 Å². The number of rotatable bonds is 4. The Labute approximate surface area is 155 Å². The fraction of sp³-hybridized carbons (Fsp3) is 0.650. The van der Waals surface area contributed by atoms with Crippen LogP contribution in [-0.4, -0.2) is 22.9 Å². The van der Waals surface area contributed by atoms with E-state index in [1.807, 2.05) is 0 Å². The topological polar surface area (TPSA) is 46.3 Å².